The third kappa shape index (κ3) is 1.85. The highest BCUT2D eigenvalue weighted by molar-refractivity contribution is 14.1. The molecule has 1 aromatic carbocycles. The standard InChI is InChI=1S/C9H8BrIO2/c10-7-4-13-8-2-1-5(11)3-6(8)9(7)12/h1-3,7,9,12H,4H2. The Balaban J connectivity index is 2.45. The molecule has 70 valence electrons. The van der Waals surface area contributed by atoms with Crippen LogP contribution in [0.4, 0.5) is 0 Å². The number of aliphatic hydroxyl groups excluding tert-OH is 1. The van der Waals surface area contributed by atoms with Crippen LogP contribution in [0.25, 0.3) is 0 Å². The molecule has 0 saturated carbocycles. The van der Waals surface area contributed by atoms with E-state index in [4.69, 9.17) is 4.74 Å². The summed E-state index contributed by atoms with van der Waals surface area (Å²) in [7, 11) is 0. The Morgan fingerprint density at radius 1 is 1.54 bits per heavy atom. The van der Waals surface area contributed by atoms with Crippen LogP contribution in [-0.4, -0.2) is 16.5 Å². The fraction of sp³-hybridized carbons (Fsp3) is 0.333. The van der Waals surface area contributed by atoms with Crippen LogP contribution in [0, 0.1) is 3.57 Å². The Morgan fingerprint density at radius 3 is 3.08 bits per heavy atom. The average Bonchev–Trinajstić information content (AvgIpc) is 2.12. The highest BCUT2D eigenvalue weighted by Crippen LogP contribution is 2.35. The maximum atomic E-state index is 9.82. The van der Waals surface area contributed by atoms with E-state index in [1.165, 1.54) is 0 Å². The third-order valence-corrected chi connectivity index (χ3v) is 3.47. The van der Waals surface area contributed by atoms with Gasteiger partial charge in [-0.2, -0.15) is 0 Å². The van der Waals surface area contributed by atoms with Crippen molar-refractivity contribution < 1.29 is 9.84 Å². The van der Waals surface area contributed by atoms with Gasteiger partial charge in [0.05, 0.1) is 10.9 Å². The molecule has 0 bridgehead atoms. The minimum absolute atomic E-state index is 0.00167. The van der Waals surface area contributed by atoms with E-state index in [1.807, 2.05) is 18.2 Å². The molecule has 1 aliphatic heterocycles. The Bertz CT molecular complexity index is 329. The number of hydrogen-bond acceptors (Lipinski definition) is 2. The second kappa shape index (κ2) is 3.74. The number of fused-ring (bicyclic) bond motifs is 1. The predicted octanol–water partition coefficient (Wildman–Crippen LogP) is 2.48. The first-order valence-electron chi connectivity index (χ1n) is 3.93. The Morgan fingerprint density at radius 2 is 2.31 bits per heavy atom. The van der Waals surface area contributed by atoms with Gasteiger partial charge in [-0.15, -0.1) is 0 Å². The summed E-state index contributed by atoms with van der Waals surface area (Å²) in [5.41, 5.74) is 0.875. The van der Waals surface area contributed by atoms with Crippen molar-refractivity contribution in [3.8, 4) is 5.75 Å². The van der Waals surface area contributed by atoms with Crippen LogP contribution in [0.3, 0.4) is 0 Å². The maximum absolute atomic E-state index is 9.82. The molecule has 0 aliphatic carbocycles. The molecule has 2 atom stereocenters. The van der Waals surface area contributed by atoms with Crippen molar-refractivity contribution in [2.45, 2.75) is 10.9 Å². The van der Waals surface area contributed by atoms with Gasteiger partial charge in [0.15, 0.2) is 0 Å². The van der Waals surface area contributed by atoms with Crippen LogP contribution in [0.5, 0.6) is 5.75 Å². The van der Waals surface area contributed by atoms with E-state index in [0.29, 0.717) is 6.61 Å². The van der Waals surface area contributed by atoms with Gasteiger partial charge < -0.3 is 9.84 Å². The molecule has 2 rings (SSSR count). The highest BCUT2D eigenvalue weighted by atomic mass is 127. The van der Waals surface area contributed by atoms with Gasteiger partial charge in [0.2, 0.25) is 0 Å². The molecule has 1 N–H and O–H groups in total. The predicted molar refractivity (Wildman–Crippen MR) is 62.3 cm³/mol. The van der Waals surface area contributed by atoms with Crippen molar-refractivity contribution >= 4 is 38.5 Å². The topological polar surface area (TPSA) is 29.5 Å². The van der Waals surface area contributed by atoms with Crippen molar-refractivity contribution in [2.75, 3.05) is 6.61 Å². The van der Waals surface area contributed by atoms with Crippen LogP contribution < -0.4 is 4.74 Å². The van der Waals surface area contributed by atoms with Crippen LogP contribution in [0.2, 0.25) is 0 Å². The molecular weight excluding hydrogens is 347 g/mol. The summed E-state index contributed by atoms with van der Waals surface area (Å²) >= 11 is 5.59. The lowest BCUT2D eigenvalue weighted by atomic mass is 10.0. The summed E-state index contributed by atoms with van der Waals surface area (Å²) in [4.78, 5) is -0.00167. The summed E-state index contributed by atoms with van der Waals surface area (Å²) in [5.74, 6) is 0.795. The molecule has 13 heavy (non-hydrogen) atoms. The molecule has 1 aliphatic rings. The molecule has 0 saturated heterocycles. The van der Waals surface area contributed by atoms with Gasteiger partial charge in [-0.3, -0.25) is 0 Å². The average molecular weight is 355 g/mol. The minimum atomic E-state index is -0.460. The van der Waals surface area contributed by atoms with Gasteiger partial charge in [-0.25, -0.2) is 0 Å². The molecule has 0 radical (unpaired) electrons. The second-order valence-corrected chi connectivity index (χ2v) is 5.38. The first-order valence-corrected chi connectivity index (χ1v) is 5.92. The first kappa shape index (κ1) is 9.73. The molecule has 2 nitrogen and oxygen atoms in total. The number of rotatable bonds is 0. The first-order chi connectivity index (χ1) is 6.18. The van der Waals surface area contributed by atoms with Crippen molar-refractivity contribution in [1.29, 1.82) is 0 Å². The molecule has 0 aromatic heterocycles. The fourth-order valence-electron chi connectivity index (χ4n) is 1.34. The number of halogens is 2. The summed E-state index contributed by atoms with van der Waals surface area (Å²) in [6.45, 7) is 0.523. The number of ether oxygens (including phenoxy) is 1. The van der Waals surface area contributed by atoms with Crippen molar-refractivity contribution in [1.82, 2.24) is 0 Å². The van der Waals surface area contributed by atoms with Crippen LogP contribution in [-0.2, 0) is 0 Å². The van der Waals surface area contributed by atoms with Gasteiger partial charge in [-0.05, 0) is 40.8 Å². The van der Waals surface area contributed by atoms with Gasteiger partial charge in [0.25, 0.3) is 0 Å². The molecule has 4 heteroatoms. The van der Waals surface area contributed by atoms with Crippen molar-refractivity contribution in [2.24, 2.45) is 0 Å². The lowest BCUT2D eigenvalue weighted by Gasteiger charge is -2.26. The molecule has 2 unspecified atom stereocenters. The zero-order valence-electron chi connectivity index (χ0n) is 6.71. The van der Waals surface area contributed by atoms with Crippen LogP contribution >= 0.6 is 38.5 Å². The number of benzene rings is 1. The number of hydrogen-bond donors (Lipinski definition) is 1. The van der Waals surface area contributed by atoms with Crippen molar-refractivity contribution in [3.63, 3.8) is 0 Å². The third-order valence-electron chi connectivity index (χ3n) is 2.03. The van der Waals surface area contributed by atoms with Crippen LogP contribution in [0.1, 0.15) is 11.7 Å². The summed E-state index contributed by atoms with van der Waals surface area (Å²) < 4.78 is 6.56. The quantitative estimate of drug-likeness (QED) is 0.573. The van der Waals surface area contributed by atoms with E-state index in [9.17, 15) is 5.11 Å². The monoisotopic (exact) mass is 354 g/mol. The van der Waals surface area contributed by atoms with Crippen LogP contribution in [0.15, 0.2) is 18.2 Å². The van der Waals surface area contributed by atoms with E-state index < -0.39 is 6.10 Å². The molecule has 0 fully saturated rings. The normalized spacial score (nSPS) is 26.4. The zero-order chi connectivity index (χ0) is 9.42. The lowest BCUT2D eigenvalue weighted by molar-refractivity contribution is 0.125. The second-order valence-electron chi connectivity index (χ2n) is 2.95. The smallest absolute Gasteiger partial charge is 0.125 e. The molecular formula is C9H8BrIO2. The van der Waals surface area contributed by atoms with E-state index in [1.54, 1.807) is 0 Å². The number of alkyl halides is 1. The van der Waals surface area contributed by atoms with E-state index in [2.05, 4.69) is 38.5 Å². The van der Waals surface area contributed by atoms with E-state index in [-0.39, 0.29) is 4.83 Å². The Hall–Kier alpha value is 0.190. The van der Waals surface area contributed by atoms with E-state index in [0.717, 1.165) is 14.9 Å². The SMILES string of the molecule is OC1c2cc(I)ccc2OCC1Br. The van der Waals surface area contributed by atoms with Gasteiger partial charge >= 0.3 is 0 Å². The summed E-state index contributed by atoms with van der Waals surface area (Å²) in [6.07, 6.45) is -0.460. The Kier molecular flexibility index (Phi) is 2.80. The number of aliphatic hydroxyl groups is 1. The zero-order valence-corrected chi connectivity index (χ0v) is 10.4. The molecule has 1 aromatic rings. The van der Waals surface area contributed by atoms with Gasteiger partial charge in [-0.1, -0.05) is 15.9 Å². The van der Waals surface area contributed by atoms with E-state index >= 15 is 0 Å². The highest BCUT2D eigenvalue weighted by Gasteiger charge is 2.27. The maximum Gasteiger partial charge on any atom is 0.125 e. The molecule has 0 amide bonds. The van der Waals surface area contributed by atoms with Gasteiger partial charge in [0, 0.05) is 9.13 Å². The summed E-state index contributed by atoms with van der Waals surface area (Å²) in [6, 6.07) is 5.83. The lowest BCUT2D eigenvalue weighted by Crippen LogP contribution is -2.25. The van der Waals surface area contributed by atoms with Gasteiger partial charge in [0.1, 0.15) is 12.4 Å². The Labute approximate surface area is 98.6 Å². The summed E-state index contributed by atoms with van der Waals surface area (Å²) in [5, 5.41) is 9.82. The fourth-order valence-corrected chi connectivity index (χ4v) is 2.27. The van der Waals surface area contributed by atoms with Crippen molar-refractivity contribution in [3.05, 3.63) is 27.3 Å². The minimum Gasteiger partial charge on any atom is -0.492 e. The molecule has 0 spiro atoms. The largest absolute Gasteiger partial charge is 0.492 e. The molecule has 1 heterocycles.